The van der Waals surface area contributed by atoms with Gasteiger partial charge in [0.25, 0.3) is 0 Å². The lowest BCUT2D eigenvalue weighted by Crippen LogP contribution is -2.44. The summed E-state index contributed by atoms with van der Waals surface area (Å²) in [6, 6.07) is 8.67. The fourth-order valence-electron chi connectivity index (χ4n) is 2.58. The maximum atomic E-state index is 9.02. The fraction of sp³-hybridized carbons (Fsp3) is 0.625. The normalized spacial score (nSPS) is 27.4. The molecule has 1 aliphatic heterocycles. The number of rotatable bonds is 5. The van der Waals surface area contributed by atoms with Crippen LogP contribution in [0.25, 0.3) is 0 Å². The molecule has 2 atom stereocenters. The Balaban J connectivity index is 1.84. The van der Waals surface area contributed by atoms with Crippen molar-refractivity contribution < 1.29 is 9.84 Å². The van der Waals surface area contributed by atoms with Gasteiger partial charge in [-0.3, -0.25) is 0 Å². The molecule has 1 saturated heterocycles. The second-order valence-corrected chi connectivity index (χ2v) is 5.70. The van der Waals surface area contributed by atoms with Gasteiger partial charge in [-0.25, -0.2) is 0 Å². The van der Waals surface area contributed by atoms with Crippen LogP contribution in [0.2, 0.25) is 0 Å². The number of benzene rings is 1. The zero-order valence-electron chi connectivity index (χ0n) is 12.0. The molecule has 0 aromatic heterocycles. The Kier molecular flexibility index (Phi) is 4.97. The summed E-state index contributed by atoms with van der Waals surface area (Å²) in [5.41, 5.74) is 2.27. The van der Waals surface area contributed by atoms with Crippen LogP contribution >= 0.6 is 0 Å². The second kappa shape index (κ2) is 6.51. The van der Waals surface area contributed by atoms with Gasteiger partial charge in [-0.2, -0.15) is 0 Å². The van der Waals surface area contributed by atoms with Crippen LogP contribution in [0.4, 0.5) is 0 Å². The predicted molar refractivity (Wildman–Crippen MR) is 76.9 cm³/mol. The second-order valence-electron chi connectivity index (χ2n) is 5.70. The van der Waals surface area contributed by atoms with Gasteiger partial charge in [0.15, 0.2) is 0 Å². The van der Waals surface area contributed by atoms with E-state index in [0.717, 1.165) is 38.0 Å². The number of hydrogen-bond acceptors (Lipinski definition) is 3. The first-order valence-electron chi connectivity index (χ1n) is 7.21. The minimum absolute atomic E-state index is 0.0384. The summed E-state index contributed by atoms with van der Waals surface area (Å²) in [5.74, 6) is 0. The Labute approximate surface area is 116 Å². The number of aliphatic hydroxyl groups excluding tert-OH is 1. The van der Waals surface area contributed by atoms with Gasteiger partial charge in [0, 0.05) is 19.2 Å². The Morgan fingerprint density at radius 2 is 2.00 bits per heavy atom. The molecule has 106 valence electrons. The molecule has 0 saturated carbocycles. The van der Waals surface area contributed by atoms with Crippen molar-refractivity contribution in [2.75, 3.05) is 6.61 Å². The molecule has 19 heavy (non-hydrogen) atoms. The first-order valence-corrected chi connectivity index (χ1v) is 7.21. The molecule has 0 bridgehead atoms. The first kappa shape index (κ1) is 14.5. The number of hydrogen-bond donors (Lipinski definition) is 2. The molecular weight excluding hydrogens is 238 g/mol. The van der Waals surface area contributed by atoms with E-state index in [-0.39, 0.29) is 12.2 Å². The summed E-state index contributed by atoms with van der Waals surface area (Å²) in [6.45, 7) is 6.25. The lowest BCUT2D eigenvalue weighted by Gasteiger charge is -2.38. The van der Waals surface area contributed by atoms with E-state index in [9.17, 15) is 0 Å². The predicted octanol–water partition coefficient (Wildman–Crippen LogP) is 2.62. The van der Waals surface area contributed by atoms with Crippen molar-refractivity contribution in [1.29, 1.82) is 0 Å². The summed E-state index contributed by atoms with van der Waals surface area (Å²) >= 11 is 0. The van der Waals surface area contributed by atoms with Crippen molar-refractivity contribution in [2.45, 2.75) is 57.9 Å². The van der Waals surface area contributed by atoms with Gasteiger partial charge in [0.1, 0.15) is 0 Å². The van der Waals surface area contributed by atoms with E-state index in [1.807, 2.05) is 12.1 Å². The van der Waals surface area contributed by atoms with E-state index in [0.29, 0.717) is 6.04 Å². The standard InChI is InChI=1S/C16H25NO2/c1-3-16(2)10-15(8-9-19-16)17-11-13-4-6-14(12-18)7-5-13/h4-7,15,17-18H,3,8-12H2,1-2H3. The van der Waals surface area contributed by atoms with Crippen LogP contribution in [-0.4, -0.2) is 23.4 Å². The maximum absolute atomic E-state index is 9.02. The highest BCUT2D eigenvalue weighted by Gasteiger charge is 2.31. The summed E-state index contributed by atoms with van der Waals surface area (Å²) < 4.78 is 5.86. The molecule has 3 heteroatoms. The molecule has 0 aliphatic carbocycles. The van der Waals surface area contributed by atoms with Gasteiger partial charge in [0.2, 0.25) is 0 Å². The topological polar surface area (TPSA) is 41.5 Å². The zero-order valence-corrected chi connectivity index (χ0v) is 12.0. The smallest absolute Gasteiger partial charge is 0.0681 e. The highest BCUT2D eigenvalue weighted by Crippen LogP contribution is 2.27. The van der Waals surface area contributed by atoms with E-state index in [1.165, 1.54) is 5.56 Å². The number of ether oxygens (including phenoxy) is 1. The molecule has 0 radical (unpaired) electrons. The summed E-state index contributed by atoms with van der Waals surface area (Å²) in [7, 11) is 0. The minimum atomic E-state index is 0.0384. The lowest BCUT2D eigenvalue weighted by molar-refractivity contribution is -0.0781. The summed E-state index contributed by atoms with van der Waals surface area (Å²) in [6.07, 6.45) is 3.24. The largest absolute Gasteiger partial charge is 0.392 e. The van der Waals surface area contributed by atoms with Crippen LogP contribution in [0.5, 0.6) is 0 Å². The van der Waals surface area contributed by atoms with Crippen LogP contribution in [0.15, 0.2) is 24.3 Å². The third kappa shape index (κ3) is 4.03. The van der Waals surface area contributed by atoms with E-state index < -0.39 is 0 Å². The highest BCUT2D eigenvalue weighted by molar-refractivity contribution is 5.21. The van der Waals surface area contributed by atoms with Gasteiger partial charge in [0.05, 0.1) is 12.2 Å². The lowest BCUT2D eigenvalue weighted by atomic mass is 9.90. The van der Waals surface area contributed by atoms with Crippen LogP contribution < -0.4 is 5.32 Å². The first-order chi connectivity index (χ1) is 9.15. The Morgan fingerprint density at radius 3 is 2.63 bits per heavy atom. The quantitative estimate of drug-likeness (QED) is 0.858. The number of nitrogens with one attached hydrogen (secondary N) is 1. The third-order valence-electron chi connectivity index (χ3n) is 4.14. The average molecular weight is 263 g/mol. The van der Waals surface area contributed by atoms with E-state index in [2.05, 4.69) is 31.3 Å². The van der Waals surface area contributed by atoms with Gasteiger partial charge in [-0.15, -0.1) is 0 Å². The van der Waals surface area contributed by atoms with Gasteiger partial charge >= 0.3 is 0 Å². The Bertz CT molecular complexity index is 390. The van der Waals surface area contributed by atoms with Crippen molar-refractivity contribution in [3.63, 3.8) is 0 Å². The third-order valence-corrected chi connectivity index (χ3v) is 4.14. The van der Waals surface area contributed by atoms with Crippen molar-refractivity contribution in [1.82, 2.24) is 5.32 Å². The molecule has 1 fully saturated rings. The molecule has 2 N–H and O–H groups in total. The van der Waals surface area contributed by atoms with E-state index in [1.54, 1.807) is 0 Å². The van der Waals surface area contributed by atoms with Crippen molar-refractivity contribution in [3.05, 3.63) is 35.4 Å². The molecule has 2 unspecified atom stereocenters. The molecular formula is C16H25NO2. The molecule has 2 rings (SSSR count). The molecule has 0 amide bonds. The van der Waals surface area contributed by atoms with Crippen molar-refractivity contribution in [3.8, 4) is 0 Å². The summed E-state index contributed by atoms with van der Waals surface area (Å²) in [5, 5.41) is 12.6. The fourth-order valence-corrected chi connectivity index (χ4v) is 2.58. The van der Waals surface area contributed by atoms with Crippen LogP contribution in [0.1, 0.15) is 44.2 Å². The molecule has 1 aromatic rings. The van der Waals surface area contributed by atoms with Crippen LogP contribution in [-0.2, 0) is 17.9 Å². The minimum Gasteiger partial charge on any atom is -0.392 e. The van der Waals surface area contributed by atoms with Crippen LogP contribution in [0, 0.1) is 0 Å². The average Bonchev–Trinajstić information content (AvgIpc) is 2.46. The molecule has 1 aliphatic rings. The molecule has 0 spiro atoms. The Morgan fingerprint density at radius 1 is 1.32 bits per heavy atom. The van der Waals surface area contributed by atoms with E-state index >= 15 is 0 Å². The van der Waals surface area contributed by atoms with E-state index in [4.69, 9.17) is 9.84 Å². The van der Waals surface area contributed by atoms with Crippen molar-refractivity contribution >= 4 is 0 Å². The number of aliphatic hydroxyl groups is 1. The Hall–Kier alpha value is -0.900. The van der Waals surface area contributed by atoms with Gasteiger partial charge in [-0.1, -0.05) is 31.2 Å². The summed E-state index contributed by atoms with van der Waals surface area (Å²) in [4.78, 5) is 0. The van der Waals surface area contributed by atoms with Crippen molar-refractivity contribution in [2.24, 2.45) is 0 Å². The monoisotopic (exact) mass is 263 g/mol. The highest BCUT2D eigenvalue weighted by atomic mass is 16.5. The molecule has 1 heterocycles. The van der Waals surface area contributed by atoms with Crippen LogP contribution in [0.3, 0.4) is 0 Å². The molecule has 3 nitrogen and oxygen atoms in total. The SMILES string of the molecule is CCC1(C)CC(NCc2ccc(CO)cc2)CCO1. The molecule has 1 aromatic carbocycles. The van der Waals surface area contributed by atoms with Gasteiger partial charge < -0.3 is 15.2 Å². The zero-order chi connectivity index (χ0) is 13.7. The van der Waals surface area contributed by atoms with Gasteiger partial charge in [-0.05, 0) is 37.3 Å². The maximum Gasteiger partial charge on any atom is 0.0681 e.